The molecule has 0 atom stereocenters. The molecule has 0 saturated heterocycles. The van der Waals surface area contributed by atoms with Crippen molar-refractivity contribution in [3.05, 3.63) is 113 Å². The number of hydrogen-bond acceptors (Lipinski definition) is 5. The molecule has 0 bridgehead atoms. The van der Waals surface area contributed by atoms with E-state index < -0.39 is 11.9 Å². The van der Waals surface area contributed by atoms with E-state index in [4.69, 9.17) is 21.1 Å². The average Bonchev–Trinajstić information content (AvgIpc) is 2.80. The van der Waals surface area contributed by atoms with Crippen LogP contribution in [0.2, 0.25) is 5.02 Å². The van der Waals surface area contributed by atoms with Crippen LogP contribution >= 0.6 is 11.6 Å². The van der Waals surface area contributed by atoms with E-state index in [0.29, 0.717) is 22.4 Å². The number of esters is 2. The highest BCUT2D eigenvalue weighted by Gasteiger charge is 2.22. The highest BCUT2D eigenvalue weighted by atomic mass is 35.5. The first-order valence-electron chi connectivity index (χ1n) is 9.41. The SMILES string of the molecule is O=C(Oc1cc(Cl)cc(OC(=O)c2ccccc2)c1-c1ccccn1)c1ccccc1. The minimum absolute atomic E-state index is 0.135. The number of aromatic nitrogens is 1. The minimum Gasteiger partial charge on any atom is -0.422 e. The van der Waals surface area contributed by atoms with Crippen LogP contribution in [0.25, 0.3) is 11.3 Å². The molecule has 5 nitrogen and oxygen atoms in total. The fourth-order valence-corrected chi connectivity index (χ4v) is 3.15. The van der Waals surface area contributed by atoms with Crippen LogP contribution in [-0.4, -0.2) is 16.9 Å². The maximum atomic E-state index is 12.7. The number of ether oxygens (including phenoxy) is 2. The zero-order valence-electron chi connectivity index (χ0n) is 16.2. The van der Waals surface area contributed by atoms with Gasteiger partial charge in [0.05, 0.1) is 22.4 Å². The predicted molar refractivity (Wildman–Crippen MR) is 117 cm³/mol. The lowest BCUT2D eigenvalue weighted by molar-refractivity contribution is 0.0734. The van der Waals surface area contributed by atoms with E-state index in [2.05, 4.69) is 4.98 Å². The normalized spacial score (nSPS) is 10.4. The first kappa shape index (κ1) is 20.3. The molecule has 1 aromatic heterocycles. The molecule has 31 heavy (non-hydrogen) atoms. The summed E-state index contributed by atoms with van der Waals surface area (Å²) in [6.45, 7) is 0. The van der Waals surface area contributed by atoms with Crippen LogP contribution in [0.5, 0.6) is 11.5 Å². The largest absolute Gasteiger partial charge is 0.422 e. The Hall–Kier alpha value is -3.96. The molecule has 0 N–H and O–H groups in total. The van der Waals surface area contributed by atoms with Crippen molar-refractivity contribution in [3.63, 3.8) is 0 Å². The molecular formula is C25H16ClNO4. The standard InChI is InChI=1S/C25H16ClNO4/c26-19-15-21(30-24(28)17-9-3-1-4-10-17)23(20-13-7-8-14-27-20)22(16-19)31-25(29)18-11-5-2-6-12-18/h1-16H. The van der Waals surface area contributed by atoms with E-state index in [0.717, 1.165) is 0 Å². The summed E-state index contributed by atoms with van der Waals surface area (Å²) in [7, 11) is 0. The van der Waals surface area contributed by atoms with E-state index in [-0.39, 0.29) is 16.5 Å². The Morgan fingerprint density at radius 3 is 1.61 bits per heavy atom. The zero-order valence-corrected chi connectivity index (χ0v) is 17.0. The number of halogens is 1. The smallest absolute Gasteiger partial charge is 0.343 e. The molecule has 0 aliphatic carbocycles. The molecular weight excluding hydrogens is 414 g/mol. The van der Waals surface area contributed by atoms with Crippen molar-refractivity contribution in [3.8, 4) is 22.8 Å². The summed E-state index contributed by atoms with van der Waals surface area (Å²) in [4.78, 5) is 29.7. The van der Waals surface area contributed by atoms with E-state index in [1.54, 1.807) is 85.1 Å². The summed E-state index contributed by atoms with van der Waals surface area (Å²) < 4.78 is 11.3. The molecule has 152 valence electrons. The van der Waals surface area contributed by atoms with Crippen LogP contribution < -0.4 is 9.47 Å². The van der Waals surface area contributed by atoms with Crippen LogP contribution in [0.3, 0.4) is 0 Å². The van der Waals surface area contributed by atoms with Crippen molar-refractivity contribution in [1.82, 2.24) is 4.98 Å². The molecule has 0 fully saturated rings. The van der Waals surface area contributed by atoms with E-state index in [1.165, 1.54) is 12.1 Å². The van der Waals surface area contributed by atoms with Crippen molar-refractivity contribution in [2.24, 2.45) is 0 Å². The second-order valence-electron chi connectivity index (χ2n) is 6.50. The maximum absolute atomic E-state index is 12.7. The summed E-state index contributed by atoms with van der Waals surface area (Å²) in [6.07, 6.45) is 1.59. The molecule has 6 heteroatoms. The van der Waals surface area contributed by atoms with Crippen molar-refractivity contribution < 1.29 is 19.1 Å². The average molecular weight is 430 g/mol. The molecule has 0 amide bonds. The predicted octanol–water partition coefficient (Wildman–Crippen LogP) is 5.84. The molecule has 0 spiro atoms. The topological polar surface area (TPSA) is 65.5 Å². The van der Waals surface area contributed by atoms with Gasteiger partial charge in [-0.2, -0.15) is 0 Å². The maximum Gasteiger partial charge on any atom is 0.343 e. The number of carbonyl (C=O) groups excluding carboxylic acids is 2. The van der Waals surface area contributed by atoms with Crippen LogP contribution in [-0.2, 0) is 0 Å². The van der Waals surface area contributed by atoms with Gasteiger partial charge < -0.3 is 9.47 Å². The molecule has 0 unspecified atom stereocenters. The summed E-state index contributed by atoms with van der Waals surface area (Å²) >= 11 is 6.27. The third-order valence-electron chi connectivity index (χ3n) is 4.38. The minimum atomic E-state index is -0.569. The number of nitrogens with zero attached hydrogens (tertiary/aromatic N) is 1. The Kier molecular flexibility index (Phi) is 6.05. The third-order valence-corrected chi connectivity index (χ3v) is 4.59. The highest BCUT2D eigenvalue weighted by Crippen LogP contribution is 2.41. The number of carbonyl (C=O) groups is 2. The van der Waals surface area contributed by atoms with Gasteiger partial charge in [-0.15, -0.1) is 0 Å². The lowest BCUT2D eigenvalue weighted by Crippen LogP contribution is -2.12. The van der Waals surface area contributed by atoms with Gasteiger partial charge in [0.15, 0.2) is 0 Å². The number of pyridine rings is 1. The Balaban J connectivity index is 1.77. The van der Waals surface area contributed by atoms with E-state index in [9.17, 15) is 9.59 Å². The van der Waals surface area contributed by atoms with Gasteiger partial charge in [0, 0.05) is 23.4 Å². The van der Waals surface area contributed by atoms with Gasteiger partial charge in [-0.25, -0.2) is 9.59 Å². The van der Waals surface area contributed by atoms with Gasteiger partial charge in [0.1, 0.15) is 11.5 Å². The third kappa shape index (κ3) is 4.79. The summed E-state index contributed by atoms with van der Waals surface area (Å²) in [5, 5.41) is 0.242. The van der Waals surface area contributed by atoms with Crippen molar-refractivity contribution in [2.45, 2.75) is 0 Å². The fourth-order valence-electron chi connectivity index (χ4n) is 2.95. The Morgan fingerprint density at radius 1 is 0.677 bits per heavy atom. The van der Waals surface area contributed by atoms with Crippen LogP contribution in [0.15, 0.2) is 97.2 Å². The first-order chi connectivity index (χ1) is 15.1. The molecule has 1 heterocycles. The monoisotopic (exact) mass is 429 g/mol. The van der Waals surface area contributed by atoms with Gasteiger partial charge in [-0.3, -0.25) is 4.98 Å². The highest BCUT2D eigenvalue weighted by molar-refractivity contribution is 6.31. The molecule has 0 radical (unpaired) electrons. The first-order valence-corrected chi connectivity index (χ1v) is 9.79. The van der Waals surface area contributed by atoms with Crippen molar-refractivity contribution >= 4 is 23.5 Å². The Bertz CT molecular complexity index is 1140. The van der Waals surface area contributed by atoms with E-state index >= 15 is 0 Å². The van der Waals surface area contributed by atoms with Gasteiger partial charge in [0.2, 0.25) is 0 Å². The quantitative estimate of drug-likeness (QED) is 0.294. The molecule has 4 aromatic rings. The van der Waals surface area contributed by atoms with Crippen molar-refractivity contribution in [1.29, 1.82) is 0 Å². The zero-order chi connectivity index (χ0) is 21.6. The molecule has 3 aromatic carbocycles. The lowest BCUT2D eigenvalue weighted by atomic mass is 10.1. The molecule has 0 aliphatic rings. The second kappa shape index (κ2) is 9.24. The van der Waals surface area contributed by atoms with Gasteiger partial charge in [-0.05, 0) is 36.4 Å². The molecule has 0 aliphatic heterocycles. The van der Waals surface area contributed by atoms with Crippen LogP contribution in [0.1, 0.15) is 20.7 Å². The summed E-state index contributed by atoms with van der Waals surface area (Å²) in [5.41, 5.74) is 1.55. The lowest BCUT2D eigenvalue weighted by Gasteiger charge is -2.15. The summed E-state index contributed by atoms with van der Waals surface area (Å²) in [6, 6.07) is 25.4. The number of benzene rings is 3. The Labute approximate surface area is 183 Å². The van der Waals surface area contributed by atoms with Gasteiger partial charge >= 0.3 is 11.9 Å². The molecule has 4 rings (SSSR count). The van der Waals surface area contributed by atoms with E-state index in [1.807, 2.05) is 0 Å². The van der Waals surface area contributed by atoms with Crippen LogP contribution in [0.4, 0.5) is 0 Å². The van der Waals surface area contributed by atoms with Crippen LogP contribution in [0, 0.1) is 0 Å². The second-order valence-corrected chi connectivity index (χ2v) is 6.94. The van der Waals surface area contributed by atoms with Gasteiger partial charge in [-0.1, -0.05) is 54.1 Å². The summed E-state index contributed by atoms with van der Waals surface area (Å²) in [5.74, 6) is -0.868. The number of rotatable bonds is 5. The Morgan fingerprint density at radius 2 is 1.16 bits per heavy atom. The molecule has 0 saturated carbocycles. The van der Waals surface area contributed by atoms with Gasteiger partial charge in [0.25, 0.3) is 0 Å². The fraction of sp³-hybridized carbons (Fsp3) is 0. The van der Waals surface area contributed by atoms with Crippen molar-refractivity contribution in [2.75, 3.05) is 0 Å². The number of hydrogen-bond donors (Lipinski definition) is 0.